The molecule has 1 N–H and O–H groups in total. The number of methoxy groups -OCH3 is 1. The molecule has 66 valence electrons. The van der Waals surface area contributed by atoms with Crippen molar-refractivity contribution in [1.29, 1.82) is 0 Å². The fourth-order valence-corrected chi connectivity index (χ4v) is 1.08. The molecule has 0 atom stereocenters. The average molecular weight is 187 g/mol. The highest BCUT2D eigenvalue weighted by Crippen LogP contribution is 2.24. The monoisotopic (exact) mass is 186 g/mol. The minimum absolute atomic E-state index is 0.573. The average Bonchev–Trinajstić information content (AvgIpc) is 2.05. The molecule has 1 heterocycles. The zero-order valence-corrected chi connectivity index (χ0v) is 7.85. The van der Waals surface area contributed by atoms with Crippen LogP contribution in [0.2, 0.25) is 5.02 Å². The van der Waals surface area contributed by atoms with Crippen molar-refractivity contribution in [1.82, 2.24) is 4.98 Å². The molecule has 1 aromatic heterocycles. The van der Waals surface area contributed by atoms with Gasteiger partial charge in [-0.2, -0.15) is 0 Å². The minimum atomic E-state index is 0.573. The maximum absolute atomic E-state index is 5.86. The van der Waals surface area contributed by atoms with Crippen molar-refractivity contribution < 1.29 is 4.74 Å². The Balaban J connectivity index is 2.86. The van der Waals surface area contributed by atoms with Crippen LogP contribution in [0.5, 0.6) is 5.75 Å². The van der Waals surface area contributed by atoms with Gasteiger partial charge in [-0.25, -0.2) is 4.98 Å². The van der Waals surface area contributed by atoms with Gasteiger partial charge in [-0.3, -0.25) is 0 Å². The van der Waals surface area contributed by atoms with Crippen LogP contribution in [0.4, 0.5) is 5.82 Å². The molecule has 0 aliphatic heterocycles. The summed E-state index contributed by atoms with van der Waals surface area (Å²) in [5.41, 5.74) is 0. The zero-order chi connectivity index (χ0) is 8.97. The van der Waals surface area contributed by atoms with Crippen molar-refractivity contribution >= 4 is 17.4 Å². The number of nitrogens with one attached hydrogen (secondary N) is 1. The van der Waals surface area contributed by atoms with Crippen molar-refractivity contribution in [3.8, 4) is 5.75 Å². The van der Waals surface area contributed by atoms with Gasteiger partial charge in [0.2, 0.25) is 0 Å². The number of ether oxygens (including phenoxy) is 1. The van der Waals surface area contributed by atoms with Gasteiger partial charge in [0, 0.05) is 12.6 Å². The number of hydrogen-bond acceptors (Lipinski definition) is 3. The smallest absolute Gasteiger partial charge is 0.155 e. The van der Waals surface area contributed by atoms with Crippen molar-refractivity contribution in [3.63, 3.8) is 0 Å². The highest BCUT2D eigenvalue weighted by Gasteiger charge is 2.01. The van der Waals surface area contributed by atoms with Gasteiger partial charge in [0.1, 0.15) is 5.82 Å². The quantitative estimate of drug-likeness (QED) is 0.786. The van der Waals surface area contributed by atoms with Crippen LogP contribution in [0.15, 0.2) is 12.3 Å². The van der Waals surface area contributed by atoms with Gasteiger partial charge < -0.3 is 10.1 Å². The third-order valence-electron chi connectivity index (χ3n) is 1.40. The molecule has 0 saturated heterocycles. The van der Waals surface area contributed by atoms with Gasteiger partial charge in [-0.05, 0) is 6.92 Å². The SMILES string of the molecule is CCNc1cc(Cl)c(OC)cn1. The second-order valence-corrected chi connectivity index (χ2v) is 2.64. The van der Waals surface area contributed by atoms with E-state index in [9.17, 15) is 0 Å². The molecule has 0 radical (unpaired) electrons. The van der Waals surface area contributed by atoms with Crippen LogP contribution >= 0.6 is 11.6 Å². The van der Waals surface area contributed by atoms with Gasteiger partial charge in [0.05, 0.1) is 18.3 Å². The van der Waals surface area contributed by atoms with Crippen LogP contribution in [-0.4, -0.2) is 18.6 Å². The number of nitrogens with zero attached hydrogens (tertiary/aromatic N) is 1. The summed E-state index contributed by atoms with van der Waals surface area (Å²) in [6.07, 6.45) is 1.60. The minimum Gasteiger partial charge on any atom is -0.494 e. The number of pyridine rings is 1. The van der Waals surface area contributed by atoms with Crippen LogP contribution in [0.25, 0.3) is 0 Å². The number of aromatic nitrogens is 1. The Morgan fingerprint density at radius 3 is 2.92 bits per heavy atom. The molecular weight excluding hydrogens is 176 g/mol. The predicted octanol–water partition coefficient (Wildman–Crippen LogP) is 2.18. The number of halogens is 1. The Morgan fingerprint density at radius 2 is 2.42 bits per heavy atom. The van der Waals surface area contributed by atoms with Crippen LogP contribution in [-0.2, 0) is 0 Å². The summed E-state index contributed by atoms with van der Waals surface area (Å²) in [6.45, 7) is 2.83. The van der Waals surface area contributed by atoms with Gasteiger partial charge in [0.15, 0.2) is 5.75 Å². The number of rotatable bonds is 3. The summed E-state index contributed by atoms with van der Waals surface area (Å²) < 4.78 is 4.96. The summed E-state index contributed by atoms with van der Waals surface area (Å²) in [7, 11) is 1.57. The van der Waals surface area contributed by atoms with Gasteiger partial charge in [-0.1, -0.05) is 11.6 Å². The highest BCUT2D eigenvalue weighted by molar-refractivity contribution is 6.32. The second kappa shape index (κ2) is 4.16. The van der Waals surface area contributed by atoms with E-state index in [1.165, 1.54) is 0 Å². The summed E-state index contributed by atoms with van der Waals surface area (Å²) in [5, 5.41) is 3.62. The van der Waals surface area contributed by atoms with E-state index in [0.717, 1.165) is 12.4 Å². The molecular formula is C8H11ClN2O. The zero-order valence-electron chi connectivity index (χ0n) is 7.10. The Labute approximate surface area is 76.7 Å². The van der Waals surface area contributed by atoms with E-state index < -0.39 is 0 Å². The van der Waals surface area contributed by atoms with Gasteiger partial charge >= 0.3 is 0 Å². The van der Waals surface area contributed by atoms with E-state index in [4.69, 9.17) is 16.3 Å². The second-order valence-electron chi connectivity index (χ2n) is 2.23. The molecule has 0 saturated carbocycles. The molecule has 0 aliphatic carbocycles. The van der Waals surface area contributed by atoms with Crippen LogP contribution in [0.3, 0.4) is 0 Å². The Morgan fingerprint density at radius 1 is 1.67 bits per heavy atom. The molecule has 0 amide bonds. The molecule has 1 aromatic rings. The fourth-order valence-electron chi connectivity index (χ4n) is 0.846. The number of anilines is 1. The van der Waals surface area contributed by atoms with E-state index in [2.05, 4.69) is 10.3 Å². The molecule has 0 spiro atoms. The maximum atomic E-state index is 5.86. The fraction of sp³-hybridized carbons (Fsp3) is 0.375. The highest BCUT2D eigenvalue weighted by atomic mass is 35.5. The molecule has 0 fully saturated rings. The molecule has 4 heteroatoms. The van der Waals surface area contributed by atoms with Crippen molar-refractivity contribution in [2.45, 2.75) is 6.92 Å². The van der Waals surface area contributed by atoms with Crippen molar-refractivity contribution in [3.05, 3.63) is 17.3 Å². The molecule has 1 rings (SSSR count). The Kier molecular flexibility index (Phi) is 3.17. The first-order chi connectivity index (χ1) is 5.77. The lowest BCUT2D eigenvalue weighted by Crippen LogP contribution is -1.99. The normalized spacial score (nSPS) is 9.58. The van der Waals surface area contributed by atoms with E-state index >= 15 is 0 Å². The van der Waals surface area contributed by atoms with Crippen molar-refractivity contribution in [2.24, 2.45) is 0 Å². The van der Waals surface area contributed by atoms with E-state index in [1.54, 1.807) is 19.4 Å². The first-order valence-corrected chi connectivity index (χ1v) is 4.09. The first kappa shape index (κ1) is 9.13. The summed E-state index contributed by atoms with van der Waals surface area (Å²) in [5.74, 6) is 1.36. The molecule has 12 heavy (non-hydrogen) atoms. The summed E-state index contributed by atoms with van der Waals surface area (Å²) in [6, 6.07) is 1.74. The number of hydrogen-bond donors (Lipinski definition) is 1. The Hall–Kier alpha value is -0.960. The third-order valence-corrected chi connectivity index (χ3v) is 1.69. The Bertz CT molecular complexity index is 265. The van der Waals surface area contributed by atoms with Gasteiger partial charge in [0.25, 0.3) is 0 Å². The van der Waals surface area contributed by atoms with E-state index in [-0.39, 0.29) is 0 Å². The lowest BCUT2D eigenvalue weighted by Gasteiger charge is -2.05. The molecule has 0 bridgehead atoms. The van der Waals surface area contributed by atoms with Crippen molar-refractivity contribution in [2.75, 3.05) is 19.0 Å². The standard InChI is InChI=1S/C8H11ClN2O/c1-3-10-8-4-6(9)7(12-2)5-11-8/h4-5H,3H2,1-2H3,(H,10,11). The molecule has 0 aliphatic rings. The summed E-state index contributed by atoms with van der Waals surface area (Å²) >= 11 is 5.86. The van der Waals surface area contributed by atoms with Crippen LogP contribution < -0.4 is 10.1 Å². The van der Waals surface area contributed by atoms with E-state index in [1.807, 2.05) is 6.92 Å². The molecule has 0 aromatic carbocycles. The lowest BCUT2D eigenvalue weighted by molar-refractivity contribution is 0.413. The first-order valence-electron chi connectivity index (χ1n) is 3.71. The lowest BCUT2D eigenvalue weighted by atomic mass is 10.4. The molecule has 0 unspecified atom stereocenters. The van der Waals surface area contributed by atoms with E-state index in [0.29, 0.717) is 10.8 Å². The maximum Gasteiger partial charge on any atom is 0.155 e. The summed E-state index contributed by atoms with van der Waals surface area (Å²) in [4.78, 5) is 4.08. The molecule has 3 nitrogen and oxygen atoms in total. The van der Waals surface area contributed by atoms with Gasteiger partial charge in [-0.15, -0.1) is 0 Å². The third kappa shape index (κ3) is 2.01. The van der Waals surface area contributed by atoms with Crippen LogP contribution in [0.1, 0.15) is 6.92 Å². The predicted molar refractivity (Wildman–Crippen MR) is 50.0 cm³/mol. The topological polar surface area (TPSA) is 34.1 Å². The van der Waals surface area contributed by atoms with Crippen LogP contribution in [0, 0.1) is 0 Å². The largest absolute Gasteiger partial charge is 0.494 e.